The van der Waals surface area contributed by atoms with Crippen molar-refractivity contribution in [3.8, 4) is 0 Å². The van der Waals surface area contributed by atoms with E-state index in [1.807, 2.05) is 6.92 Å². The normalized spacial score (nSPS) is 26.7. The van der Waals surface area contributed by atoms with Crippen molar-refractivity contribution in [2.45, 2.75) is 39.2 Å². The van der Waals surface area contributed by atoms with Crippen LogP contribution < -0.4 is 11.1 Å². The number of nitrogens with two attached hydrogens (primary N) is 1. The van der Waals surface area contributed by atoms with Gasteiger partial charge in [-0.3, -0.25) is 4.79 Å². The fraction of sp³-hybridized carbons (Fsp3) is 0.917. The second-order valence-corrected chi connectivity index (χ2v) is 4.45. The number of hydrogen-bond acceptors (Lipinski definition) is 3. The van der Waals surface area contributed by atoms with Gasteiger partial charge in [-0.05, 0) is 19.3 Å². The smallest absolute Gasteiger partial charge is 0.224 e. The lowest BCUT2D eigenvalue weighted by Crippen LogP contribution is -2.38. The molecule has 3 N–H and O–H groups in total. The third-order valence-electron chi connectivity index (χ3n) is 3.44. The Hall–Kier alpha value is -0.610. The van der Waals surface area contributed by atoms with Crippen molar-refractivity contribution < 1.29 is 9.53 Å². The highest BCUT2D eigenvalue weighted by Gasteiger charge is 2.27. The van der Waals surface area contributed by atoms with Crippen molar-refractivity contribution in [3.05, 3.63) is 0 Å². The average Bonchev–Trinajstić information content (AvgIpc) is 2.75. The number of nitrogens with one attached hydrogen (secondary N) is 1. The summed E-state index contributed by atoms with van der Waals surface area (Å²) >= 11 is 0. The fourth-order valence-corrected chi connectivity index (χ4v) is 2.21. The molecule has 16 heavy (non-hydrogen) atoms. The minimum absolute atomic E-state index is 0.0394. The highest BCUT2D eigenvalue weighted by Crippen LogP contribution is 2.22. The molecule has 4 nitrogen and oxygen atoms in total. The molecule has 1 aliphatic rings. The molecule has 3 unspecified atom stereocenters. The molecule has 0 spiro atoms. The Morgan fingerprint density at radius 2 is 2.31 bits per heavy atom. The molecule has 1 heterocycles. The summed E-state index contributed by atoms with van der Waals surface area (Å²) in [5.74, 6) is 0.526. The van der Waals surface area contributed by atoms with Gasteiger partial charge in [0.15, 0.2) is 0 Å². The van der Waals surface area contributed by atoms with Crippen molar-refractivity contribution >= 4 is 5.91 Å². The van der Waals surface area contributed by atoms with E-state index in [4.69, 9.17) is 10.5 Å². The molecule has 0 aliphatic carbocycles. The van der Waals surface area contributed by atoms with Crippen molar-refractivity contribution in [1.82, 2.24) is 5.32 Å². The van der Waals surface area contributed by atoms with E-state index in [0.29, 0.717) is 18.6 Å². The zero-order valence-corrected chi connectivity index (χ0v) is 10.4. The van der Waals surface area contributed by atoms with Crippen LogP contribution in [-0.2, 0) is 9.53 Å². The Labute approximate surface area is 97.9 Å². The summed E-state index contributed by atoms with van der Waals surface area (Å²) in [4.78, 5) is 11.7. The minimum Gasteiger partial charge on any atom is -0.378 e. The number of ether oxygens (including phenoxy) is 1. The minimum atomic E-state index is -0.0394. The van der Waals surface area contributed by atoms with Crippen LogP contribution in [0.15, 0.2) is 0 Å². The topological polar surface area (TPSA) is 64.4 Å². The summed E-state index contributed by atoms with van der Waals surface area (Å²) in [5, 5.41) is 2.99. The first kappa shape index (κ1) is 13.5. The molecule has 0 bridgehead atoms. The van der Waals surface area contributed by atoms with Crippen LogP contribution in [0.2, 0.25) is 0 Å². The Balaban J connectivity index is 2.30. The SMILES string of the molecule is CCC(CN)C(=O)NCC1CCOC1CC. The lowest BCUT2D eigenvalue weighted by atomic mass is 9.99. The molecule has 3 atom stereocenters. The molecule has 1 amide bonds. The van der Waals surface area contributed by atoms with Gasteiger partial charge in [-0.15, -0.1) is 0 Å². The van der Waals surface area contributed by atoms with Gasteiger partial charge in [-0.25, -0.2) is 0 Å². The Morgan fingerprint density at radius 3 is 2.88 bits per heavy atom. The van der Waals surface area contributed by atoms with E-state index in [-0.39, 0.29) is 11.8 Å². The lowest BCUT2D eigenvalue weighted by Gasteiger charge is -2.19. The fourth-order valence-electron chi connectivity index (χ4n) is 2.21. The Kier molecular flexibility index (Phi) is 5.77. The zero-order valence-electron chi connectivity index (χ0n) is 10.4. The Morgan fingerprint density at radius 1 is 1.56 bits per heavy atom. The van der Waals surface area contributed by atoms with Crippen molar-refractivity contribution in [2.75, 3.05) is 19.7 Å². The standard InChI is InChI=1S/C12H24N2O2/c1-3-9(7-13)12(15)14-8-10-5-6-16-11(10)4-2/h9-11H,3-8,13H2,1-2H3,(H,14,15). The molecule has 1 fully saturated rings. The maximum absolute atomic E-state index is 11.7. The van der Waals surface area contributed by atoms with Crippen LogP contribution in [0.4, 0.5) is 0 Å². The summed E-state index contributed by atoms with van der Waals surface area (Å²) in [6.45, 7) is 6.10. The number of rotatable bonds is 6. The van der Waals surface area contributed by atoms with Gasteiger partial charge in [-0.2, -0.15) is 0 Å². The number of amides is 1. The number of carbonyl (C=O) groups is 1. The van der Waals surface area contributed by atoms with Gasteiger partial charge in [0.05, 0.1) is 6.10 Å². The van der Waals surface area contributed by atoms with E-state index < -0.39 is 0 Å². The predicted molar refractivity (Wildman–Crippen MR) is 64.0 cm³/mol. The van der Waals surface area contributed by atoms with Crippen molar-refractivity contribution in [2.24, 2.45) is 17.6 Å². The molecule has 0 aromatic heterocycles. The van der Waals surface area contributed by atoms with E-state index in [2.05, 4.69) is 12.2 Å². The number of carbonyl (C=O) groups excluding carboxylic acids is 1. The van der Waals surface area contributed by atoms with Crippen molar-refractivity contribution in [1.29, 1.82) is 0 Å². The maximum Gasteiger partial charge on any atom is 0.224 e. The van der Waals surface area contributed by atoms with E-state index >= 15 is 0 Å². The van der Waals surface area contributed by atoms with Crippen LogP contribution in [0.1, 0.15) is 33.1 Å². The van der Waals surface area contributed by atoms with Crippen LogP contribution in [0.5, 0.6) is 0 Å². The molecule has 94 valence electrons. The van der Waals surface area contributed by atoms with E-state index in [1.54, 1.807) is 0 Å². The van der Waals surface area contributed by atoms with Gasteiger partial charge >= 0.3 is 0 Å². The first-order valence-corrected chi connectivity index (χ1v) is 6.32. The molecule has 0 aromatic rings. The molecular formula is C12H24N2O2. The third-order valence-corrected chi connectivity index (χ3v) is 3.44. The monoisotopic (exact) mass is 228 g/mol. The first-order valence-electron chi connectivity index (χ1n) is 6.32. The van der Waals surface area contributed by atoms with Gasteiger partial charge in [0.1, 0.15) is 0 Å². The summed E-state index contributed by atoms with van der Waals surface area (Å²) in [7, 11) is 0. The molecule has 0 aromatic carbocycles. The molecular weight excluding hydrogens is 204 g/mol. The van der Waals surface area contributed by atoms with Crippen LogP contribution in [0.25, 0.3) is 0 Å². The predicted octanol–water partition coefficient (Wildman–Crippen LogP) is 0.903. The second kappa shape index (κ2) is 6.86. The average molecular weight is 228 g/mol. The molecule has 1 aliphatic heterocycles. The molecule has 0 radical (unpaired) electrons. The largest absolute Gasteiger partial charge is 0.378 e. The Bertz CT molecular complexity index is 217. The first-order chi connectivity index (χ1) is 7.72. The molecule has 0 saturated carbocycles. The molecule has 4 heteroatoms. The van der Waals surface area contributed by atoms with Crippen LogP contribution >= 0.6 is 0 Å². The summed E-state index contributed by atoms with van der Waals surface area (Å²) in [5.41, 5.74) is 5.54. The number of hydrogen-bond donors (Lipinski definition) is 2. The van der Waals surface area contributed by atoms with Gasteiger partial charge < -0.3 is 15.8 Å². The zero-order chi connectivity index (χ0) is 12.0. The van der Waals surface area contributed by atoms with Gasteiger partial charge in [0.2, 0.25) is 5.91 Å². The third kappa shape index (κ3) is 3.46. The van der Waals surface area contributed by atoms with Crippen LogP contribution in [-0.4, -0.2) is 31.7 Å². The highest BCUT2D eigenvalue weighted by atomic mass is 16.5. The van der Waals surface area contributed by atoms with Gasteiger partial charge in [-0.1, -0.05) is 13.8 Å². The second-order valence-electron chi connectivity index (χ2n) is 4.45. The van der Waals surface area contributed by atoms with Gasteiger partial charge in [0.25, 0.3) is 0 Å². The molecule has 1 rings (SSSR count). The van der Waals surface area contributed by atoms with E-state index in [1.165, 1.54) is 0 Å². The van der Waals surface area contributed by atoms with Crippen LogP contribution in [0.3, 0.4) is 0 Å². The van der Waals surface area contributed by atoms with Crippen LogP contribution in [0, 0.1) is 11.8 Å². The van der Waals surface area contributed by atoms with E-state index in [0.717, 1.165) is 32.4 Å². The maximum atomic E-state index is 11.7. The summed E-state index contributed by atoms with van der Waals surface area (Å²) in [6.07, 6.45) is 3.20. The molecule has 1 saturated heterocycles. The van der Waals surface area contributed by atoms with E-state index in [9.17, 15) is 4.79 Å². The summed E-state index contributed by atoms with van der Waals surface area (Å²) in [6, 6.07) is 0. The van der Waals surface area contributed by atoms with Crippen molar-refractivity contribution in [3.63, 3.8) is 0 Å². The lowest BCUT2D eigenvalue weighted by molar-refractivity contribution is -0.125. The highest BCUT2D eigenvalue weighted by molar-refractivity contribution is 5.78. The quantitative estimate of drug-likeness (QED) is 0.710. The summed E-state index contributed by atoms with van der Waals surface area (Å²) < 4.78 is 5.58. The van der Waals surface area contributed by atoms with Gasteiger partial charge in [0, 0.05) is 31.5 Å².